The van der Waals surface area contributed by atoms with Crippen LogP contribution in [0.1, 0.15) is 46.1 Å². The average Bonchev–Trinajstić information content (AvgIpc) is 2.45. The van der Waals surface area contributed by atoms with Crippen molar-refractivity contribution >= 4 is 11.9 Å². The van der Waals surface area contributed by atoms with E-state index in [9.17, 15) is 9.59 Å². The zero-order valence-electron chi connectivity index (χ0n) is 13.3. The lowest BCUT2D eigenvalue weighted by Gasteiger charge is -2.27. The maximum absolute atomic E-state index is 11.8. The van der Waals surface area contributed by atoms with Crippen molar-refractivity contribution < 1.29 is 14.3 Å². The molecule has 1 N–H and O–H groups in total. The van der Waals surface area contributed by atoms with Crippen LogP contribution in [0.3, 0.4) is 0 Å². The van der Waals surface area contributed by atoms with E-state index in [0.717, 1.165) is 12.0 Å². The molecule has 1 aromatic rings. The van der Waals surface area contributed by atoms with Crippen molar-refractivity contribution in [3.05, 3.63) is 35.9 Å². The van der Waals surface area contributed by atoms with Crippen LogP contribution in [0, 0.1) is 5.41 Å². The number of carbonyl (C=O) groups is 2. The maximum atomic E-state index is 11.8. The van der Waals surface area contributed by atoms with E-state index in [-0.39, 0.29) is 17.8 Å². The van der Waals surface area contributed by atoms with Crippen LogP contribution in [0.2, 0.25) is 0 Å². The second-order valence-electron chi connectivity index (χ2n) is 6.09. The third-order valence-electron chi connectivity index (χ3n) is 3.71. The minimum absolute atomic E-state index is 0.00302. The number of benzene rings is 1. The van der Waals surface area contributed by atoms with E-state index < -0.39 is 12.1 Å². The molecule has 0 saturated carbocycles. The van der Waals surface area contributed by atoms with Gasteiger partial charge < -0.3 is 10.1 Å². The standard InChI is InChI=1S/C17H25NO3/c1-5-17(3,4)11-15(13(2)19)18-16(20)21-12-14-9-7-6-8-10-14/h6-10,15H,5,11-12H2,1-4H3,(H,18,20). The summed E-state index contributed by atoms with van der Waals surface area (Å²) in [6.07, 6.45) is 1.00. The van der Waals surface area contributed by atoms with Crippen molar-refractivity contribution in [1.82, 2.24) is 5.32 Å². The fourth-order valence-corrected chi connectivity index (χ4v) is 1.90. The topological polar surface area (TPSA) is 55.4 Å². The molecule has 0 heterocycles. The van der Waals surface area contributed by atoms with Gasteiger partial charge in [-0.1, -0.05) is 57.5 Å². The Balaban J connectivity index is 2.51. The lowest BCUT2D eigenvalue weighted by atomic mass is 9.82. The molecule has 1 unspecified atom stereocenters. The molecule has 0 spiro atoms. The number of Topliss-reactive ketones (excluding diaryl/α,β-unsaturated/α-hetero) is 1. The highest BCUT2D eigenvalue weighted by molar-refractivity contribution is 5.85. The van der Waals surface area contributed by atoms with Crippen molar-refractivity contribution in [1.29, 1.82) is 0 Å². The van der Waals surface area contributed by atoms with Crippen LogP contribution in [0.25, 0.3) is 0 Å². The van der Waals surface area contributed by atoms with Crippen LogP contribution in [-0.4, -0.2) is 17.9 Å². The van der Waals surface area contributed by atoms with Gasteiger partial charge in [0, 0.05) is 0 Å². The minimum atomic E-state index is -0.550. The predicted octanol–water partition coefficient (Wildman–Crippen LogP) is 3.70. The van der Waals surface area contributed by atoms with E-state index >= 15 is 0 Å². The second kappa shape index (κ2) is 7.81. The highest BCUT2D eigenvalue weighted by Crippen LogP contribution is 2.26. The van der Waals surface area contributed by atoms with Crippen molar-refractivity contribution in [3.8, 4) is 0 Å². The Morgan fingerprint density at radius 1 is 1.24 bits per heavy atom. The van der Waals surface area contributed by atoms with Crippen molar-refractivity contribution in [3.63, 3.8) is 0 Å². The summed E-state index contributed by atoms with van der Waals surface area (Å²) in [6, 6.07) is 8.95. The molecule has 1 amide bonds. The summed E-state index contributed by atoms with van der Waals surface area (Å²) in [6.45, 7) is 7.94. The SMILES string of the molecule is CCC(C)(C)CC(NC(=O)OCc1ccccc1)C(C)=O. The molecule has 0 fully saturated rings. The zero-order chi connectivity index (χ0) is 15.9. The van der Waals surface area contributed by atoms with Crippen LogP contribution >= 0.6 is 0 Å². The monoisotopic (exact) mass is 291 g/mol. The van der Waals surface area contributed by atoms with Crippen LogP contribution in [-0.2, 0) is 16.1 Å². The van der Waals surface area contributed by atoms with Crippen LogP contribution in [0.5, 0.6) is 0 Å². The minimum Gasteiger partial charge on any atom is -0.445 e. The molecule has 0 aliphatic rings. The Kier molecular flexibility index (Phi) is 6.40. The number of hydrogen-bond donors (Lipinski definition) is 1. The first kappa shape index (κ1) is 17.2. The van der Waals surface area contributed by atoms with Gasteiger partial charge in [0.25, 0.3) is 0 Å². The summed E-state index contributed by atoms with van der Waals surface area (Å²) in [5.41, 5.74) is 0.921. The smallest absolute Gasteiger partial charge is 0.408 e. The number of amides is 1. The molecule has 4 heteroatoms. The summed E-state index contributed by atoms with van der Waals surface area (Å²) in [4.78, 5) is 23.5. The number of rotatable bonds is 7. The lowest BCUT2D eigenvalue weighted by molar-refractivity contribution is -0.119. The van der Waals surface area contributed by atoms with Crippen LogP contribution in [0.4, 0.5) is 4.79 Å². The number of ether oxygens (including phenoxy) is 1. The summed E-state index contributed by atoms with van der Waals surface area (Å²) < 4.78 is 5.15. The molecule has 4 nitrogen and oxygen atoms in total. The number of ketones is 1. The molecular formula is C17H25NO3. The summed E-state index contributed by atoms with van der Waals surface area (Å²) in [5, 5.41) is 2.67. The van der Waals surface area contributed by atoms with Gasteiger partial charge >= 0.3 is 6.09 Å². The normalized spacial score (nSPS) is 12.6. The van der Waals surface area contributed by atoms with Crippen molar-refractivity contribution in [2.75, 3.05) is 0 Å². The van der Waals surface area contributed by atoms with E-state index in [1.54, 1.807) is 0 Å². The van der Waals surface area contributed by atoms with E-state index in [4.69, 9.17) is 4.74 Å². The molecule has 21 heavy (non-hydrogen) atoms. The molecule has 1 aromatic carbocycles. The summed E-state index contributed by atoms with van der Waals surface area (Å²) in [5.74, 6) is -0.0480. The molecule has 0 aliphatic carbocycles. The molecule has 1 atom stereocenters. The fourth-order valence-electron chi connectivity index (χ4n) is 1.90. The lowest BCUT2D eigenvalue weighted by Crippen LogP contribution is -2.42. The Morgan fingerprint density at radius 2 is 1.86 bits per heavy atom. The average molecular weight is 291 g/mol. The summed E-state index contributed by atoms with van der Waals surface area (Å²) in [7, 11) is 0. The molecule has 1 rings (SSSR count). The number of hydrogen-bond acceptors (Lipinski definition) is 3. The molecule has 0 bridgehead atoms. The zero-order valence-corrected chi connectivity index (χ0v) is 13.3. The Bertz CT molecular complexity index is 468. The number of alkyl carbamates (subject to hydrolysis) is 1. The van der Waals surface area contributed by atoms with Gasteiger partial charge in [-0.25, -0.2) is 4.79 Å². The van der Waals surface area contributed by atoms with E-state index in [1.807, 2.05) is 30.3 Å². The third kappa shape index (κ3) is 6.43. The first-order valence-electron chi connectivity index (χ1n) is 7.32. The molecule has 0 aliphatic heterocycles. The quantitative estimate of drug-likeness (QED) is 0.833. The Hall–Kier alpha value is -1.84. The summed E-state index contributed by atoms with van der Waals surface area (Å²) >= 11 is 0. The second-order valence-corrected chi connectivity index (χ2v) is 6.09. The third-order valence-corrected chi connectivity index (χ3v) is 3.71. The molecule has 0 saturated heterocycles. The van der Waals surface area contributed by atoms with E-state index in [2.05, 4.69) is 26.1 Å². The molecule has 116 valence electrons. The Morgan fingerprint density at radius 3 is 2.38 bits per heavy atom. The Labute approximate surface area is 126 Å². The highest BCUT2D eigenvalue weighted by atomic mass is 16.5. The molecule has 0 radical (unpaired) electrons. The highest BCUT2D eigenvalue weighted by Gasteiger charge is 2.26. The largest absolute Gasteiger partial charge is 0.445 e. The first-order valence-corrected chi connectivity index (χ1v) is 7.32. The fraction of sp³-hybridized carbons (Fsp3) is 0.529. The van der Waals surface area contributed by atoms with Gasteiger partial charge in [-0.2, -0.15) is 0 Å². The van der Waals surface area contributed by atoms with Gasteiger partial charge in [0.2, 0.25) is 0 Å². The van der Waals surface area contributed by atoms with E-state index in [1.165, 1.54) is 6.92 Å². The van der Waals surface area contributed by atoms with Crippen LogP contribution in [0.15, 0.2) is 30.3 Å². The van der Waals surface area contributed by atoms with Gasteiger partial charge in [-0.3, -0.25) is 4.79 Å². The van der Waals surface area contributed by atoms with E-state index in [0.29, 0.717) is 6.42 Å². The number of nitrogens with one attached hydrogen (secondary N) is 1. The first-order chi connectivity index (χ1) is 9.84. The van der Waals surface area contributed by atoms with Crippen molar-refractivity contribution in [2.24, 2.45) is 5.41 Å². The maximum Gasteiger partial charge on any atom is 0.408 e. The van der Waals surface area contributed by atoms with Gasteiger partial charge in [-0.15, -0.1) is 0 Å². The van der Waals surface area contributed by atoms with Crippen molar-refractivity contribution in [2.45, 2.75) is 53.2 Å². The number of carbonyl (C=O) groups excluding carboxylic acids is 2. The van der Waals surface area contributed by atoms with Crippen LogP contribution < -0.4 is 5.32 Å². The van der Waals surface area contributed by atoms with Gasteiger partial charge in [0.05, 0.1) is 6.04 Å². The van der Waals surface area contributed by atoms with Gasteiger partial charge in [0.15, 0.2) is 5.78 Å². The van der Waals surface area contributed by atoms with Gasteiger partial charge in [0.1, 0.15) is 6.61 Å². The van der Waals surface area contributed by atoms with Gasteiger partial charge in [-0.05, 0) is 24.3 Å². The molecule has 0 aromatic heterocycles. The predicted molar refractivity (Wildman–Crippen MR) is 82.9 cm³/mol. The molecular weight excluding hydrogens is 266 g/mol.